The molecule has 18 heavy (non-hydrogen) atoms. The van der Waals surface area contributed by atoms with E-state index < -0.39 is 0 Å². The zero-order valence-corrected chi connectivity index (χ0v) is 11.5. The molecule has 1 amide bonds. The van der Waals surface area contributed by atoms with Crippen LogP contribution in [0.3, 0.4) is 0 Å². The Balaban J connectivity index is 1.84. The van der Waals surface area contributed by atoms with Crippen molar-refractivity contribution in [3.63, 3.8) is 0 Å². The summed E-state index contributed by atoms with van der Waals surface area (Å²) in [5.41, 5.74) is 5.60. The minimum Gasteiger partial charge on any atom is -0.340 e. The van der Waals surface area contributed by atoms with Crippen LogP contribution in [0.25, 0.3) is 0 Å². The lowest BCUT2D eigenvalue weighted by Gasteiger charge is -2.38. The molecule has 2 aliphatic heterocycles. The SMILES string of the molecule is CN1CCN(C(=O)C2CCCN(CCN)C2)CC1. The molecule has 2 fully saturated rings. The quantitative estimate of drug-likeness (QED) is 0.733. The molecule has 0 aliphatic carbocycles. The number of carbonyl (C=O) groups is 1. The Hall–Kier alpha value is -0.650. The number of piperazine rings is 1. The van der Waals surface area contributed by atoms with Gasteiger partial charge in [0, 0.05) is 45.8 Å². The molecule has 104 valence electrons. The van der Waals surface area contributed by atoms with E-state index in [4.69, 9.17) is 5.73 Å². The molecule has 0 aromatic rings. The highest BCUT2D eigenvalue weighted by atomic mass is 16.2. The molecule has 0 aromatic carbocycles. The number of rotatable bonds is 3. The van der Waals surface area contributed by atoms with Crippen LogP contribution in [0.5, 0.6) is 0 Å². The van der Waals surface area contributed by atoms with Gasteiger partial charge in [0.2, 0.25) is 5.91 Å². The Kier molecular flexibility index (Phi) is 4.97. The van der Waals surface area contributed by atoms with Gasteiger partial charge in [-0.3, -0.25) is 4.79 Å². The van der Waals surface area contributed by atoms with E-state index in [0.29, 0.717) is 12.5 Å². The molecule has 2 aliphatic rings. The van der Waals surface area contributed by atoms with Crippen LogP contribution in [-0.4, -0.2) is 80.0 Å². The molecule has 2 heterocycles. The van der Waals surface area contributed by atoms with Crippen molar-refractivity contribution in [1.29, 1.82) is 0 Å². The van der Waals surface area contributed by atoms with Crippen LogP contribution in [0.2, 0.25) is 0 Å². The Morgan fingerprint density at radius 2 is 1.94 bits per heavy atom. The van der Waals surface area contributed by atoms with E-state index in [1.165, 1.54) is 0 Å². The fraction of sp³-hybridized carbons (Fsp3) is 0.923. The minimum atomic E-state index is 0.203. The van der Waals surface area contributed by atoms with Crippen molar-refractivity contribution in [3.05, 3.63) is 0 Å². The molecule has 0 bridgehead atoms. The number of likely N-dealkylation sites (tertiary alicyclic amines) is 1. The zero-order chi connectivity index (χ0) is 13.0. The first-order valence-corrected chi connectivity index (χ1v) is 7.10. The van der Waals surface area contributed by atoms with E-state index in [9.17, 15) is 4.79 Å². The molecule has 0 spiro atoms. The van der Waals surface area contributed by atoms with Crippen molar-refractivity contribution >= 4 is 5.91 Å². The monoisotopic (exact) mass is 254 g/mol. The predicted octanol–water partition coefficient (Wildman–Crippen LogP) is -0.569. The van der Waals surface area contributed by atoms with Gasteiger partial charge in [0.15, 0.2) is 0 Å². The average molecular weight is 254 g/mol. The number of hydrogen-bond donors (Lipinski definition) is 1. The molecule has 2 rings (SSSR count). The summed E-state index contributed by atoms with van der Waals surface area (Å²) in [5, 5.41) is 0. The van der Waals surface area contributed by atoms with Crippen molar-refractivity contribution in [1.82, 2.24) is 14.7 Å². The molecule has 5 nitrogen and oxygen atoms in total. The largest absolute Gasteiger partial charge is 0.340 e. The maximum absolute atomic E-state index is 12.5. The third-order valence-corrected chi connectivity index (χ3v) is 4.12. The number of hydrogen-bond acceptors (Lipinski definition) is 4. The Morgan fingerprint density at radius 3 is 2.61 bits per heavy atom. The predicted molar refractivity (Wildman–Crippen MR) is 72.3 cm³/mol. The van der Waals surface area contributed by atoms with Crippen molar-refractivity contribution in [2.75, 3.05) is 59.4 Å². The number of nitrogens with two attached hydrogens (primary N) is 1. The van der Waals surface area contributed by atoms with Gasteiger partial charge in [-0.25, -0.2) is 0 Å². The zero-order valence-electron chi connectivity index (χ0n) is 11.5. The van der Waals surface area contributed by atoms with Gasteiger partial charge in [0.1, 0.15) is 0 Å². The van der Waals surface area contributed by atoms with E-state index in [0.717, 1.165) is 58.7 Å². The molecule has 0 saturated carbocycles. The molecular formula is C13H26N4O. The molecule has 0 aromatic heterocycles. The Labute approximate surface area is 110 Å². The van der Waals surface area contributed by atoms with E-state index in [-0.39, 0.29) is 5.92 Å². The second-order valence-electron chi connectivity index (χ2n) is 5.56. The van der Waals surface area contributed by atoms with E-state index in [2.05, 4.69) is 21.7 Å². The van der Waals surface area contributed by atoms with Crippen LogP contribution < -0.4 is 5.73 Å². The summed E-state index contributed by atoms with van der Waals surface area (Å²) in [7, 11) is 2.12. The van der Waals surface area contributed by atoms with Gasteiger partial charge in [-0.15, -0.1) is 0 Å². The van der Waals surface area contributed by atoms with Crippen molar-refractivity contribution in [2.24, 2.45) is 11.7 Å². The van der Waals surface area contributed by atoms with Crippen molar-refractivity contribution in [2.45, 2.75) is 12.8 Å². The Morgan fingerprint density at radius 1 is 1.22 bits per heavy atom. The number of likely N-dealkylation sites (N-methyl/N-ethyl adjacent to an activating group) is 1. The van der Waals surface area contributed by atoms with Crippen LogP contribution in [0.1, 0.15) is 12.8 Å². The molecule has 1 atom stereocenters. The van der Waals surface area contributed by atoms with Crippen LogP contribution in [0.4, 0.5) is 0 Å². The second kappa shape index (κ2) is 6.50. The van der Waals surface area contributed by atoms with Crippen LogP contribution >= 0.6 is 0 Å². The normalized spacial score (nSPS) is 27.4. The molecule has 5 heteroatoms. The summed E-state index contributed by atoms with van der Waals surface area (Å²) < 4.78 is 0. The lowest BCUT2D eigenvalue weighted by molar-refractivity contribution is -0.138. The molecule has 2 saturated heterocycles. The van der Waals surface area contributed by atoms with Gasteiger partial charge < -0.3 is 20.4 Å². The molecule has 2 N–H and O–H groups in total. The summed E-state index contributed by atoms with van der Waals surface area (Å²) in [4.78, 5) is 19.1. The minimum absolute atomic E-state index is 0.203. The average Bonchev–Trinajstić information content (AvgIpc) is 2.39. The summed E-state index contributed by atoms with van der Waals surface area (Å²) in [6.45, 7) is 7.41. The van der Waals surface area contributed by atoms with E-state index >= 15 is 0 Å². The summed E-state index contributed by atoms with van der Waals surface area (Å²) in [5.74, 6) is 0.568. The lowest BCUT2D eigenvalue weighted by atomic mass is 9.96. The lowest BCUT2D eigenvalue weighted by Crippen LogP contribution is -2.51. The first-order valence-electron chi connectivity index (χ1n) is 7.10. The number of carbonyl (C=O) groups excluding carboxylic acids is 1. The van der Waals surface area contributed by atoms with Crippen LogP contribution in [0.15, 0.2) is 0 Å². The van der Waals surface area contributed by atoms with Gasteiger partial charge in [0.25, 0.3) is 0 Å². The highest BCUT2D eigenvalue weighted by molar-refractivity contribution is 5.79. The summed E-state index contributed by atoms with van der Waals surface area (Å²) in [6.07, 6.45) is 2.18. The topological polar surface area (TPSA) is 52.8 Å². The van der Waals surface area contributed by atoms with E-state index in [1.807, 2.05) is 0 Å². The first-order chi connectivity index (χ1) is 8.70. The Bertz CT molecular complexity index is 274. The second-order valence-corrected chi connectivity index (χ2v) is 5.56. The molecule has 1 unspecified atom stereocenters. The van der Waals surface area contributed by atoms with Crippen molar-refractivity contribution in [3.8, 4) is 0 Å². The van der Waals surface area contributed by atoms with Gasteiger partial charge in [0.05, 0.1) is 5.92 Å². The summed E-state index contributed by atoms with van der Waals surface area (Å²) in [6, 6.07) is 0. The maximum atomic E-state index is 12.5. The smallest absolute Gasteiger partial charge is 0.227 e. The van der Waals surface area contributed by atoms with Gasteiger partial charge >= 0.3 is 0 Å². The summed E-state index contributed by atoms with van der Waals surface area (Å²) >= 11 is 0. The van der Waals surface area contributed by atoms with E-state index in [1.54, 1.807) is 0 Å². The van der Waals surface area contributed by atoms with Gasteiger partial charge in [-0.2, -0.15) is 0 Å². The number of nitrogens with zero attached hydrogens (tertiary/aromatic N) is 3. The fourth-order valence-electron chi connectivity index (χ4n) is 2.93. The highest BCUT2D eigenvalue weighted by Gasteiger charge is 2.30. The number of amides is 1. The van der Waals surface area contributed by atoms with Crippen LogP contribution in [0, 0.1) is 5.92 Å². The molecular weight excluding hydrogens is 228 g/mol. The molecule has 0 radical (unpaired) electrons. The highest BCUT2D eigenvalue weighted by Crippen LogP contribution is 2.19. The maximum Gasteiger partial charge on any atom is 0.227 e. The van der Waals surface area contributed by atoms with Gasteiger partial charge in [-0.1, -0.05) is 0 Å². The first kappa shape index (κ1) is 13.8. The standard InChI is InChI=1S/C13H26N4O/c1-15-7-9-17(10-8-15)13(18)12-3-2-5-16(11-12)6-4-14/h12H,2-11,14H2,1H3. The van der Waals surface area contributed by atoms with Crippen LogP contribution in [-0.2, 0) is 4.79 Å². The van der Waals surface area contributed by atoms with Crippen molar-refractivity contribution < 1.29 is 4.79 Å². The third-order valence-electron chi connectivity index (χ3n) is 4.12. The fourth-order valence-corrected chi connectivity index (χ4v) is 2.93. The van der Waals surface area contributed by atoms with Gasteiger partial charge in [-0.05, 0) is 26.4 Å². The number of piperidine rings is 1. The third kappa shape index (κ3) is 3.43.